The first kappa shape index (κ1) is 16.1. The first-order valence-electron chi connectivity index (χ1n) is 8.02. The Kier molecular flexibility index (Phi) is 4.51. The zero-order chi connectivity index (χ0) is 17.1. The van der Waals surface area contributed by atoms with Crippen LogP contribution < -0.4 is 15.0 Å². The van der Waals surface area contributed by atoms with Crippen molar-refractivity contribution in [2.24, 2.45) is 0 Å². The summed E-state index contributed by atoms with van der Waals surface area (Å²) in [5, 5.41) is 3.18. The molecule has 1 aliphatic rings. The largest absolute Gasteiger partial charge is 0.494 e. The summed E-state index contributed by atoms with van der Waals surface area (Å²) in [4.78, 5) is 26.2. The van der Waals surface area contributed by atoms with E-state index in [-0.39, 0.29) is 18.2 Å². The van der Waals surface area contributed by atoms with E-state index in [0.29, 0.717) is 12.3 Å². The van der Waals surface area contributed by atoms with Gasteiger partial charge < -0.3 is 10.1 Å². The minimum atomic E-state index is -0.537. The molecule has 0 saturated carbocycles. The van der Waals surface area contributed by atoms with Crippen LogP contribution in [0.15, 0.2) is 48.5 Å². The van der Waals surface area contributed by atoms with E-state index in [0.717, 1.165) is 17.0 Å². The average molecular weight is 324 g/mol. The van der Waals surface area contributed by atoms with Crippen LogP contribution in [0.2, 0.25) is 0 Å². The fraction of sp³-hybridized carbons (Fsp3) is 0.263. The number of ether oxygens (including phenoxy) is 1. The second-order valence-corrected chi connectivity index (χ2v) is 5.71. The molecule has 0 unspecified atom stereocenters. The van der Waals surface area contributed by atoms with Gasteiger partial charge in [0.1, 0.15) is 11.8 Å². The monoisotopic (exact) mass is 324 g/mol. The minimum Gasteiger partial charge on any atom is -0.494 e. The SMILES string of the molecule is CCOc1ccc(N2C(=O)C[C@@H](Nc3ccccc3C)C2=O)cc1. The third kappa shape index (κ3) is 3.11. The Bertz CT molecular complexity index is 755. The van der Waals surface area contributed by atoms with Gasteiger partial charge in [0.15, 0.2) is 0 Å². The van der Waals surface area contributed by atoms with E-state index in [9.17, 15) is 9.59 Å². The number of nitrogens with zero attached hydrogens (tertiary/aromatic N) is 1. The van der Waals surface area contributed by atoms with Gasteiger partial charge in [-0.15, -0.1) is 0 Å². The van der Waals surface area contributed by atoms with Crippen molar-refractivity contribution in [3.8, 4) is 5.75 Å². The summed E-state index contributed by atoms with van der Waals surface area (Å²) < 4.78 is 5.39. The van der Waals surface area contributed by atoms with Crippen molar-refractivity contribution in [1.29, 1.82) is 0 Å². The Morgan fingerprint density at radius 3 is 2.50 bits per heavy atom. The van der Waals surface area contributed by atoms with Gasteiger partial charge in [0.25, 0.3) is 5.91 Å². The molecule has 2 aromatic rings. The van der Waals surface area contributed by atoms with E-state index in [1.54, 1.807) is 24.3 Å². The molecular weight excluding hydrogens is 304 g/mol. The molecule has 1 fully saturated rings. The number of hydrogen-bond acceptors (Lipinski definition) is 4. The number of benzene rings is 2. The molecule has 1 atom stereocenters. The summed E-state index contributed by atoms with van der Waals surface area (Å²) >= 11 is 0. The van der Waals surface area contributed by atoms with Gasteiger partial charge in [0.2, 0.25) is 5.91 Å². The maximum Gasteiger partial charge on any atom is 0.256 e. The molecule has 0 spiro atoms. The number of imide groups is 1. The Balaban J connectivity index is 1.77. The Morgan fingerprint density at radius 2 is 1.83 bits per heavy atom. The number of anilines is 2. The predicted octanol–water partition coefficient (Wildman–Crippen LogP) is 3.14. The fourth-order valence-electron chi connectivity index (χ4n) is 2.80. The number of para-hydroxylation sites is 1. The molecule has 24 heavy (non-hydrogen) atoms. The molecule has 2 amide bonds. The molecule has 1 aliphatic heterocycles. The number of hydrogen-bond donors (Lipinski definition) is 1. The van der Waals surface area contributed by atoms with Crippen molar-refractivity contribution >= 4 is 23.2 Å². The van der Waals surface area contributed by atoms with Crippen LogP contribution in [-0.4, -0.2) is 24.5 Å². The zero-order valence-corrected chi connectivity index (χ0v) is 13.8. The van der Waals surface area contributed by atoms with Gasteiger partial charge in [0.05, 0.1) is 18.7 Å². The highest BCUT2D eigenvalue weighted by Crippen LogP contribution is 2.27. The average Bonchev–Trinajstić information content (AvgIpc) is 2.85. The fourth-order valence-corrected chi connectivity index (χ4v) is 2.80. The van der Waals surface area contributed by atoms with Crippen LogP contribution in [0.1, 0.15) is 18.9 Å². The molecule has 5 heteroatoms. The predicted molar refractivity (Wildman–Crippen MR) is 93.3 cm³/mol. The lowest BCUT2D eigenvalue weighted by molar-refractivity contribution is -0.121. The van der Waals surface area contributed by atoms with Gasteiger partial charge in [-0.25, -0.2) is 4.90 Å². The van der Waals surface area contributed by atoms with Crippen LogP contribution in [0.25, 0.3) is 0 Å². The lowest BCUT2D eigenvalue weighted by Crippen LogP contribution is -2.34. The van der Waals surface area contributed by atoms with Gasteiger partial charge in [-0.05, 0) is 49.7 Å². The Hall–Kier alpha value is -2.82. The molecule has 124 valence electrons. The summed E-state index contributed by atoms with van der Waals surface area (Å²) in [6.07, 6.45) is 0.153. The topological polar surface area (TPSA) is 58.6 Å². The van der Waals surface area contributed by atoms with Gasteiger partial charge in [-0.3, -0.25) is 9.59 Å². The van der Waals surface area contributed by atoms with E-state index in [4.69, 9.17) is 4.74 Å². The third-order valence-electron chi connectivity index (χ3n) is 4.03. The molecule has 5 nitrogen and oxygen atoms in total. The lowest BCUT2D eigenvalue weighted by atomic mass is 10.1. The molecule has 0 radical (unpaired) electrons. The van der Waals surface area contributed by atoms with Crippen molar-refractivity contribution < 1.29 is 14.3 Å². The van der Waals surface area contributed by atoms with Gasteiger partial charge in [-0.1, -0.05) is 18.2 Å². The molecule has 1 heterocycles. The van der Waals surface area contributed by atoms with Crippen LogP contribution in [0.4, 0.5) is 11.4 Å². The number of amides is 2. The van der Waals surface area contributed by atoms with Crippen LogP contribution in [0.5, 0.6) is 5.75 Å². The molecule has 1 N–H and O–H groups in total. The molecule has 1 saturated heterocycles. The molecule has 0 bridgehead atoms. The molecular formula is C19H20N2O3. The van der Waals surface area contributed by atoms with Crippen LogP contribution in [-0.2, 0) is 9.59 Å². The van der Waals surface area contributed by atoms with Crippen molar-refractivity contribution in [2.75, 3.05) is 16.8 Å². The van der Waals surface area contributed by atoms with E-state index in [1.165, 1.54) is 4.90 Å². The number of carbonyl (C=O) groups is 2. The quantitative estimate of drug-likeness (QED) is 0.859. The zero-order valence-electron chi connectivity index (χ0n) is 13.8. The van der Waals surface area contributed by atoms with Gasteiger partial charge >= 0.3 is 0 Å². The first-order valence-corrected chi connectivity index (χ1v) is 8.02. The van der Waals surface area contributed by atoms with E-state index in [1.807, 2.05) is 38.1 Å². The molecule has 0 aliphatic carbocycles. The summed E-state index contributed by atoms with van der Waals surface area (Å²) in [5.41, 5.74) is 2.48. The standard InChI is InChI=1S/C19H20N2O3/c1-3-24-15-10-8-14(9-11-15)21-18(22)12-17(19(21)23)20-16-7-5-4-6-13(16)2/h4-11,17,20H,3,12H2,1-2H3/t17-/m1/s1. The highest BCUT2D eigenvalue weighted by Gasteiger charge is 2.39. The number of aryl methyl sites for hydroxylation is 1. The van der Waals surface area contributed by atoms with E-state index >= 15 is 0 Å². The van der Waals surface area contributed by atoms with Crippen molar-refractivity contribution in [2.45, 2.75) is 26.3 Å². The van der Waals surface area contributed by atoms with Crippen molar-refractivity contribution in [3.63, 3.8) is 0 Å². The molecule has 0 aromatic heterocycles. The maximum absolute atomic E-state index is 12.7. The summed E-state index contributed by atoms with van der Waals surface area (Å²) in [7, 11) is 0. The molecule has 3 rings (SSSR count). The summed E-state index contributed by atoms with van der Waals surface area (Å²) in [5.74, 6) is 0.289. The highest BCUT2D eigenvalue weighted by molar-refractivity contribution is 6.23. The smallest absolute Gasteiger partial charge is 0.256 e. The van der Waals surface area contributed by atoms with Crippen LogP contribution >= 0.6 is 0 Å². The van der Waals surface area contributed by atoms with E-state index < -0.39 is 6.04 Å². The van der Waals surface area contributed by atoms with Crippen LogP contribution in [0.3, 0.4) is 0 Å². The van der Waals surface area contributed by atoms with E-state index in [2.05, 4.69) is 5.32 Å². The third-order valence-corrected chi connectivity index (χ3v) is 4.03. The number of carbonyl (C=O) groups excluding carboxylic acids is 2. The second kappa shape index (κ2) is 6.74. The Morgan fingerprint density at radius 1 is 1.12 bits per heavy atom. The van der Waals surface area contributed by atoms with Crippen LogP contribution in [0, 0.1) is 6.92 Å². The Labute approximate surface area is 141 Å². The lowest BCUT2D eigenvalue weighted by Gasteiger charge is -2.17. The van der Waals surface area contributed by atoms with Gasteiger partial charge in [-0.2, -0.15) is 0 Å². The van der Waals surface area contributed by atoms with Crippen molar-refractivity contribution in [3.05, 3.63) is 54.1 Å². The first-order chi connectivity index (χ1) is 11.6. The highest BCUT2D eigenvalue weighted by atomic mass is 16.5. The minimum absolute atomic E-state index is 0.153. The van der Waals surface area contributed by atoms with Gasteiger partial charge in [0, 0.05) is 5.69 Å². The van der Waals surface area contributed by atoms with Crippen molar-refractivity contribution in [1.82, 2.24) is 0 Å². The summed E-state index contributed by atoms with van der Waals surface area (Å²) in [6, 6.07) is 14.2. The number of nitrogens with one attached hydrogen (secondary N) is 1. The number of rotatable bonds is 5. The second-order valence-electron chi connectivity index (χ2n) is 5.71. The normalized spacial score (nSPS) is 17.2. The summed E-state index contributed by atoms with van der Waals surface area (Å²) in [6.45, 7) is 4.44. The molecule has 2 aromatic carbocycles. The maximum atomic E-state index is 12.7.